The van der Waals surface area contributed by atoms with Gasteiger partial charge >= 0.3 is 0 Å². The van der Waals surface area contributed by atoms with Crippen LogP contribution in [0.5, 0.6) is 0 Å². The first-order valence-electron chi connectivity index (χ1n) is 1.90. The van der Waals surface area contributed by atoms with Crippen LogP contribution in [0.3, 0.4) is 0 Å². The lowest BCUT2D eigenvalue weighted by atomic mass is 10.6. The van der Waals surface area contributed by atoms with Crippen molar-refractivity contribution >= 4 is 24.8 Å². The van der Waals surface area contributed by atoms with E-state index in [-0.39, 0.29) is 24.8 Å². The van der Waals surface area contributed by atoms with Gasteiger partial charge in [0.1, 0.15) is 0 Å². The van der Waals surface area contributed by atoms with Crippen LogP contribution in [-0.4, -0.2) is 5.10 Å². The zero-order valence-corrected chi connectivity index (χ0v) is 6.06. The Balaban J connectivity index is 0. The minimum absolute atomic E-state index is 0. The molecule has 0 unspecified atom stereocenters. The van der Waals surface area contributed by atoms with Gasteiger partial charge in [0.25, 0.3) is 0 Å². The molecule has 0 aromatic carbocycles. The Bertz CT molecular complexity index is 146. The predicted molar refractivity (Wildman–Crippen MR) is 37.7 cm³/mol. The number of nitrogens with zero attached hydrogens (tertiary/aromatic N) is 2. The maximum atomic E-state index is 10.1. The van der Waals surface area contributed by atoms with Crippen molar-refractivity contribution in [3.63, 3.8) is 0 Å². The molecular weight excluding hydrogens is 163 g/mol. The molecule has 0 N–H and O–H groups in total. The first-order chi connectivity index (χ1) is 3.39. The van der Waals surface area contributed by atoms with Gasteiger partial charge in [0, 0.05) is 11.2 Å². The molecule has 5 heteroatoms. The summed E-state index contributed by atoms with van der Waals surface area (Å²) >= 11 is 0. The van der Waals surface area contributed by atoms with E-state index in [9.17, 15) is 5.21 Å². The van der Waals surface area contributed by atoms with E-state index in [0.717, 1.165) is 0 Å². The van der Waals surface area contributed by atoms with E-state index in [0.29, 0.717) is 4.85 Å². The van der Waals surface area contributed by atoms with Gasteiger partial charge in [-0.3, -0.25) is 0 Å². The molecule has 0 bridgehead atoms. The molecule has 3 nitrogen and oxygen atoms in total. The van der Waals surface area contributed by atoms with E-state index >= 15 is 0 Å². The van der Waals surface area contributed by atoms with Crippen LogP contribution in [0.2, 0.25) is 0 Å². The predicted octanol–water partition coefficient (Wildman–Crippen LogP) is 0.559. The maximum Gasteiger partial charge on any atom is 0.209 e. The zero-order valence-electron chi connectivity index (χ0n) is 4.43. The molecule has 1 heterocycles. The number of hydrogen-bond acceptors (Lipinski definition) is 2. The highest BCUT2D eigenvalue weighted by Gasteiger charge is 1.76. The highest BCUT2D eigenvalue weighted by Crippen LogP contribution is 1.66. The molecule has 0 spiro atoms. The van der Waals surface area contributed by atoms with Crippen LogP contribution >= 0.6 is 24.8 Å². The zero-order chi connectivity index (χ0) is 5.11. The number of aromatic nitrogens is 2. The minimum Gasteiger partial charge on any atom is -0.594 e. The van der Waals surface area contributed by atoms with Crippen molar-refractivity contribution in [2.45, 2.75) is 0 Å². The van der Waals surface area contributed by atoms with Gasteiger partial charge in [0.15, 0.2) is 0 Å². The fraction of sp³-hybridized carbons (Fsp3) is 0. The Kier molecular flexibility index (Phi) is 7.01. The third-order valence-corrected chi connectivity index (χ3v) is 0.591. The molecule has 0 radical (unpaired) electrons. The standard InChI is InChI=1S/C4H4N2O.2ClH/c7-6-4-2-1-3-5-6;;/h1-4H;2*1H. The van der Waals surface area contributed by atoms with E-state index in [4.69, 9.17) is 0 Å². The van der Waals surface area contributed by atoms with Crippen molar-refractivity contribution < 1.29 is 4.85 Å². The molecule has 52 valence electrons. The molecule has 0 fully saturated rings. The van der Waals surface area contributed by atoms with Crippen molar-refractivity contribution in [1.29, 1.82) is 0 Å². The largest absolute Gasteiger partial charge is 0.594 e. The second-order valence-corrected chi connectivity index (χ2v) is 1.10. The average Bonchev–Trinajstić information content (AvgIpc) is 1.69. The van der Waals surface area contributed by atoms with Gasteiger partial charge in [-0.2, -0.15) is 0 Å². The second-order valence-electron chi connectivity index (χ2n) is 1.10. The van der Waals surface area contributed by atoms with Crippen molar-refractivity contribution in [3.8, 4) is 0 Å². The lowest BCUT2D eigenvalue weighted by Crippen LogP contribution is -2.28. The highest BCUT2D eigenvalue weighted by atomic mass is 35.5. The van der Waals surface area contributed by atoms with Crippen LogP contribution in [0.1, 0.15) is 0 Å². The summed E-state index contributed by atoms with van der Waals surface area (Å²) in [5.74, 6) is 0. The summed E-state index contributed by atoms with van der Waals surface area (Å²) < 4.78 is 0. The smallest absolute Gasteiger partial charge is 0.209 e. The summed E-state index contributed by atoms with van der Waals surface area (Å²) in [6, 6.07) is 3.31. The SMILES string of the molecule is Cl.Cl.[O-][n+]1ccccn1. The Morgan fingerprint density at radius 2 is 1.89 bits per heavy atom. The Hall–Kier alpha value is -0.540. The fourth-order valence-corrected chi connectivity index (χ4v) is 0.316. The summed E-state index contributed by atoms with van der Waals surface area (Å²) in [5.41, 5.74) is 0. The van der Waals surface area contributed by atoms with Crippen molar-refractivity contribution in [3.05, 3.63) is 29.7 Å². The van der Waals surface area contributed by atoms with Gasteiger partial charge in [-0.25, -0.2) is 0 Å². The van der Waals surface area contributed by atoms with Crippen LogP contribution in [0, 0.1) is 5.21 Å². The third kappa shape index (κ3) is 4.00. The summed E-state index contributed by atoms with van der Waals surface area (Å²) in [4.78, 5) is 0.500. The van der Waals surface area contributed by atoms with E-state index in [1.807, 2.05) is 0 Å². The number of hydrogen-bond donors (Lipinski definition) is 0. The molecule has 9 heavy (non-hydrogen) atoms. The van der Waals surface area contributed by atoms with Crippen molar-refractivity contribution in [2.75, 3.05) is 0 Å². The van der Waals surface area contributed by atoms with Crippen molar-refractivity contribution in [2.24, 2.45) is 0 Å². The number of halogens is 2. The van der Waals surface area contributed by atoms with Crippen molar-refractivity contribution in [1.82, 2.24) is 5.10 Å². The van der Waals surface area contributed by atoms with E-state index in [1.165, 1.54) is 12.4 Å². The van der Waals surface area contributed by atoms with Gasteiger partial charge in [-0.15, -0.1) is 24.8 Å². The third-order valence-electron chi connectivity index (χ3n) is 0.591. The minimum atomic E-state index is 0. The van der Waals surface area contributed by atoms with Gasteiger partial charge in [-0.05, 0) is 6.07 Å². The maximum absolute atomic E-state index is 10.1. The Morgan fingerprint density at radius 3 is 2.11 bits per heavy atom. The first-order valence-corrected chi connectivity index (χ1v) is 1.90. The van der Waals surface area contributed by atoms with Crippen LogP contribution in [0.15, 0.2) is 24.5 Å². The summed E-state index contributed by atoms with van der Waals surface area (Å²) in [6.45, 7) is 0. The van der Waals surface area contributed by atoms with Crippen LogP contribution < -0.4 is 4.85 Å². The molecule has 0 aliphatic heterocycles. The van der Waals surface area contributed by atoms with E-state index in [1.54, 1.807) is 12.1 Å². The normalized spacial score (nSPS) is 6.67. The molecule has 1 aromatic heterocycles. The average molecular weight is 169 g/mol. The Morgan fingerprint density at radius 1 is 1.22 bits per heavy atom. The van der Waals surface area contributed by atoms with Crippen LogP contribution in [0.25, 0.3) is 0 Å². The fourth-order valence-electron chi connectivity index (χ4n) is 0.316. The first kappa shape index (κ1) is 11.3. The van der Waals surface area contributed by atoms with Gasteiger partial charge < -0.3 is 5.21 Å². The highest BCUT2D eigenvalue weighted by molar-refractivity contribution is 5.85. The summed E-state index contributed by atoms with van der Waals surface area (Å²) in [6.07, 6.45) is 2.77. The van der Waals surface area contributed by atoms with Crippen LogP contribution in [0.4, 0.5) is 0 Å². The van der Waals surface area contributed by atoms with Gasteiger partial charge in [0.05, 0.1) is 6.20 Å². The van der Waals surface area contributed by atoms with Crippen LogP contribution in [-0.2, 0) is 0 Å². The van der Waals surface area contributed by atoms with E-state index < -0.39 is 0 Å². The van der Waals surface area contributed by atoms with E-state index in [2.05, 4.69) is 5.10 Å². The molecule has 0 aliphatic carbocycles. The molecule has 1 rings (SSSR count). The van der Waals surface area contributed by atoms with Gasteiger partial charge in [0.2, 0.25) is 6.20 Å². The molecule has 0 atom stereocenters. The Labute approximate surface area is 65.1 Å². The molecule has 0 saturated carbocycles. The summed E-state index contributed by atoms with van der Waals surface area (Å²) in [7, 11) is 0. The second kappa shape index (κ2) is 5.59. The number of rotatable bonds is 0. The molecule has 0 aliphatic rings. The monoisotopic (exact) mass is 168 g/mol. The topological polar surface area (TPSA) is 39.8 Å². The molecular formula is C4H6Cl2N2O. The lowest BCUT2D eigenvalue weighted by molar-refractivity contribution is -0.669. The molecule has 1 aromatic rings. The summed E-state index contributed by atoms with van der Waals surface area (Å²) in [5, 5.41) is 13.4. The lowest BCUT2D eigenvalue weighted by Gasteiger charge is -1.84. The quantitative estimate of drug-likeness (QED) is 0.420. The van der Waals surface area contributed by atoms with Gasteiger partial charge in [-0.1, -0.05) is 4.85 Å². The molecule has 0 amide bonds. The molecule has 0 saturated heterocycles.